The molecule has 0 amide bonds. The highest BCUT2D eigenvalue weighted by Gasteiger charge is 2.27. The van der Waals surface area contributed by atoms with Crippen LogP contribution in [0.2, 0.25) is 0 Å². The van der Waals surface area contributed by atoms with E-state index in [9.17, 15) is 9.50 Å². The predicted octanol–water partition coefficient (Wildman–Crippen LogP) is 2.87. The summed E-state index contributed by atoms with van der Waals surface area (Å²) in [5.41, 5.74) is 0.638. The normalized spacial score (nSPS) is 21.2. The molecule has 4 nitrogen and oxygen atoms in total. The zero-order chi connectivity index (χ0) is 15.5. The van der Waals surface area contributed by atoms with Gasteiger partial charge in [0.05, 0.1) is 6.10 Å². The molecule has 1 aromatic carbocycles. The van der Waals surface area contributed by atoms with Crippen LogP contribution in [-0.4, -0.2) is 35.0 Å². The van der Waals surface area contributed by atoms with Crippen molar-refractivity contribution < 1.29 is 9.50 Å². The Kier molecular flexibility index (Phi) is 4.69. The molecule has 1 saturated carbocycles. The Morgan fingerprint density at radius 2 is 2.14 bits per heavy atom. The van der Waals surface area contributed by atoms with Gasteiger partial charge in [-0.3, -0.25) is 0 Å². The van der Waals surface area contributed by atoms with Crippen LogP contribution in [0.5, 0.6) is 0 Å². The highest BCUT2D eigenvalue weighted by molar-refractivity contribution is 7.15. The third-order valence-electron chi connectivity index (χ3n) is 4.21. The molecule has 1 N–H and O–H groups in total. The second kappa shape index (κ2) is 6.71. The molecule has 22 heavy (non-hydrogen) atoms. The van der Waals surface area contributed by atoms with E-state index in [2.05, 4.69) is 10.2 Å². The molecule has 3 rings (SSSR count). The van der Waals surface area contributed by atoms with Gasteiger partial charge in [0.2, 0.25) is 5.13 Å². The van der Waals surface area contributed by atoms with Crippen molar-refractivity contribution in [1.82, 2.24) is 10.2 Å². The van der Waals surface area contributed by atoms with Gasteiger partial charge in [-0.2, -0.15) is 0 Å². The van der Waals surface area contributed by atoms with E-state index >= 15 is 0 Å². The summed E-state index contributed by atoms with van der Waals surface area (Å²) in [6, 6.07) is 6.75. The van der Waals surface area contributed by atoms with Crippen molar-refractivity contribution in [2.24, 2.45) is 5.92 Å². The molecule has 1 aliphatic carbocycles. The molecule has 1 heterocycles. The highest BCUT2D eigenvalue weighted by atomic mass is 32.1. The molecule has 118 valence electrons. The maximum atomic E-state index is 13.7. The lowest BCUT2D eigenvalue weighted by atomic mass is 10.1. The minimum absolute atomic E-state index is 0.201. The van der Waals surface area contributed by atoms with Crippen LogP contribution in [0, 0.1) is 11.7 Å². The third-order valence-corrected chi connectivity index (χ3v) is 5.25. The van der Waals surface area contributed by atoms with E-state index in [1.165, 1.54) is 17.4 Å². The van der Waals surface area contributed by atoms with Gasteiger partial charge in [0.25, 0.3) is 0 Å². The van der Waals surface area contributed by atoms with Crippen LogP contribution in [0.3, 0.4) is 0 Å². The average Bonchev–Trinajstić information content (AvgIpc) is 3.12. The van der Waals surface area contributed by atoms with E-state index in [1.54, 1.807) is 12.1 Å². The molecule has 2 aromatic rings. The molecule has 2 unspecified atom stereocenters. The first-order chi connectivity index (χ1) is 10.6. The van der Waals surface area contributed by atoms with Crippen molar-refractivity contribution in [3.05, 3.63) is 40.7 Å². The minimum Gasteiger partial charge on any atom is -0.393 e. The Morgan fingerprint density at radius 3 is 2.86 bits per heavy atom. The number of aliphatic hydroxyl groups excluding tert-OH is 1. The molecule has 1 aliphatic rings. The standard InChI is InChI=1S/C16H20FN3OS/c1-20(10-12-6-4-8-14(12)21)16-19-18-15(22-16)9-11-5-2-3-7-13(11)17/h2-3,5,7,12,14,21H,4,6,8-10H2,1H3. The van der Waals surface area contributed by atoms with Crippen molar-refractivity contribution in [2.45, 2.75) is 31.8 Å². The van der Waals surface area contributed by atoms with Crippen LogP contribution in [0.15, 0.2) is 24.3 Å². The summed E-state index contributed by atoms with van der Waals surface area (Å²) in [4.78, 5) is 2.04. The molecule has 0 saturated heterocycles. The summed E-state index contributed by atoms with van der Waals surface area (Å²) in [5, 5.41) is 19.9. The van der Waals surface area contributed by atoms with Crippen molar-refractivity contribution in [3.8, 4) is 0 Å². The van der Waals surface area contributed by atoms with E-state index < -0.39 is 0 Å². The van der Waals surface area contributed by atoms with Crippen LogP contribution in [-0.2, 0) is 6.42 Å². The fourth-order valence-electron chi connectivity index (χ4n) is 2.94. The maximum absolute atomic E-state index is 13.7. The van der Waals surface area contributed by atoms with Gasteiger partial charge in [0, 0.05) is 25.9 Å². The largest absolute Gasteiger partial charge is 0.393 e. The lowest BCUT2D eigenvalue weighted by Gasteiger charge is -2.22. The molecule has 0 radical (unpaired) electrons. The molecular weight excluding hydrogens is 301 g/mol. The SMILES string of the molecule is CN(CC1CCCC1O)c1nnc(Cc2ccccc2F)s1. The number of hydrogen-bond donors (Lipinski definition) is 1. The summed E-state index contributed by atoms with van der Waals surface area (Å²) in [7, 11) is 1.97. The first-order valence-electron chi connectivity index (χ1n) is 7.58. The van der Waals surface area contributed by atoms with Crippen LogP contribution in [0.1, 0.15) is 29.8 Å². The number of aliphatic hydroxyl groups is 1. The fraction of sp³-hybridized carbons (Fsp3) is 0.500. The fourth-order valence-corrected chi connectivity index (χ4v) is 3.77. The Bertz CT molecular complexity index is 633. The van der Waals surface area contributed by atoms with E-state index in [1.807, 2.05) is 18.0 Å². The number of rotatable bonds is 5. The number of benzene rings is 1. The number of nitrogens with zero attached hydrogens (tertiary/aromatic N) is 3. The van der Waals surface area contributed by atoms with Crippen molar-refractivity contribution >= 4 is 16.5 Å². The number of halogens is 1. The van der Waals surface area contributed by atoms with Crippen LogP contribution < -0.4 is 4.90 Å². The van der Waals surface area contributed by atoms with Gasteiger partial charge < -0.3 is 10.0 Å². The van der Waals surface area contributed by atoms with Crippen LogP contribution in [0.25, 0.3) is 0 Å². The van der Waals surface area contributed by atoms with Crippen LogP contribution in [0.4, 0.5) is 9.52 Å². The number of hydrogen-bond acceptors (Lipinski definition) is 5. The Labute approximate surface area is 133 Å². The molecule has 0 aliphatic heterocycles. The number of aromatic nitrogens is 2. The van der Waals surface area contributed by atoms with Gasteiger partial charge in [-0.25, -0.2) is 4.39 Å². The number of anilines is 1. The molecule has 6 heteroatoms. The molecule has 2 atom stereocenters. The van der Waals surface area contributed by atoms with Gasteiger partial charge in [-0.05, 0) is 24.5 Å². The maximum Gasteiger partial charge on any atom is 0.208 e. The Hall–Kier alpha value is -1.53. The summed E-state index contributed by atoms with van der Waals surface area (Å²) >= 11 is 1.48. The molecule has 0 spiro atoms. The van der Waals surface area contributed by atoms with E-state index in [0.717, 1.165) is 35.9 Å². The lowest BCUT2D eigenvalue weighted by molar-refractivity contribution is 0.136. The minimum atomic E-state index is -0.207. The second-order valence-electron chi connectivity index (χ2n) is 5.89. The van der Waals surface area contributed by atoms with Gasteiger partial charge in [0.1, 0.15) is 10.8 Å². The van der Waals surface area contributed by atoms with E-state index in [-0.39, 0.29) is 11.9 Å². The Balaban J connectivity index is 1.64. The van der Waals surface area contributed by atoms with Crippen molar-refractivity contribution in [1.29, 1.82) is 0 Å². The predicted molar refractivity (Wildman–Crippen MR) is 85.7 cm³/mol. The van der Waals surface area contributed by atoms with Gasteiger partial charge in [-0.15, -0.1) is 10.2 Å². The van der Waals surface area contributed by atoms with E-state index in [0.29, 0.717) is 17.9 Å². The summed E-state index contributed by atoms with van der Waals surface area (Å²) < 4.78 is 13.7. The van der Waals surface area contributed by atoms with Crippen molar-refractivity contribution in [3.63, 3.8) is 0 Å². The molecule has 1 fully saturated rings. The molecular formula is C16H20FN3OS. The highest BCUT2D eigenvalue weighted by Crippen LogP contribution is 2.29. The van der Waals surface area contributed by atoms with E-state index in [4.69, 9.17) is 0 Å². The molecule has 0 bridgehead atoms. The van der Waals surface area contributed by atoms with Crippen molar-refractivity contribution in [2.75, 3.05) is 18.5 Å². The first-order valence-corrected chi connectivity index (χ1v) is 8.40. The monoisotopic (exact) mass is 321 g/mol. The van der Waals surface area contributed by atoms with Gasteiger partial charge in [-0.1, -0.05) is 36.0 Å². The van der Waals surface area contributed by atoms with Crippen LogP contribution >= 0.6 is 11.3 Å². The quantitative estimate of drug-likeness (QED) is 0.920. The summed E-state index contributed by atoms with van der Waals surface area (Å²) in [6.07, 6.45) is 3.31. The summed E-state index contributed by atoms with van der Waals surface area (Å²) in [5.74, 6) is 0.102. The average molecular weight is 321 g/mol. The zero-order valence-electron chi connectivity index (χ0n) is 12.6. The first kappa shape index (κ1) is 15.4. The lowest BCUT2D eigenvalue weighted by Crippen LogP contribution is -2.29. The topological polar surface area (TPSA) is 49.2 Å². The van der Waals surface area contributed by atoms with Gasteiger partial charge in [0.15, 0.2) is 0 Å². The van der Waals surface area contributed by atoms with Gasteiger partial charge >= 0.3 is 0 Å². The smallest absolute Gasteiger partial charge is 0.208 e. The third kappa shape index (κ3) is 3.44. The summed E-state index contributed by atoms with van der Waals surface area (Å²) in [6.45, 7) is 0.787. The molecule has 1 aromatic heterocycles. The zero-order valence-corrected chi connectivity index (χ0v) is 13.4. The second-order valence-corrected chi connectivity index (χ2v) is 6.93. The Morgan fingerprint density at radius 1 is 1.32 bits per heavy atom.